The summed E-state index contributed by atoms with van der Waals surface area (Å²) in [7, 11) is 0. The van der Waals surface area contributed by atoms with Crippen molar-refractivity contribution in [2.45, 2.75) is 20.3 Å². The summed E-state index contributed by atoms with van der Waals surface area (Å²) >= 11 is 1.36. The Morgan fingerprint density at radius 1 is 1.48 bits per heavy atom. The van der Waals surface area contributed by atoms with Crippen molar-refractivity contribution >= 4 is 22.4 Å². The van der Waals surface area contributed by atoms with Crippen LogP contribution in [0.3, 0.4) is 0 Å². The highest BCUT2D eigenvalue weighted by atomic mass is 32.1. The number of aromatic nitrogens is 1. The van der Waals surface area contributed by atoms with Crippen molar-refractivity contribution < 1.29 is 13.9 Å². The largest absolute Gasteiger partial charge is 0.461 e. The second-order valence-electron chi connectivity index (χ2n) is 4.51. The summed E-state index contributed by atoms with van der Waals surface area (Å²) in [5.74, 6) is -0.626. The summed E-state index contributed by atoms with van der Waals surface area (Å²) in [6.45, 7) is 4.65. The van der Waals surface area contributed by atoms with Crippen molar-refractivity contribution in [2.75, 3.05) is 18.5 Å². The third kappa shape index (κ3) is 4.26. The number of aryl methyl sites for hydroxylation is 1. The summed E-state index contributed by atoms with van der Waals surface area (Å²) in [5, 5.41) is 5.51. The van der Waals surface area contributed by atoms with Gasteiger partial charge in [0.2, 0.25) is 0 Å². The fourth-order valence-corrected chi connectivity index (χ4v) is 2.61. The zero-order valence-corrected chi connectivity index (χ0v) is 12.8. The van der Waals surface area contributed by atoms with Gasteiger partial charge in [-0.25, -0.2) is 14.2 Å². The number of carbonyl (C=O) groups is 1. The number of anilines is 1. The van der Waals surface area contributed by atoms with E-state index in [-0.39, 0.29) is 5.82 Å². The van der Waals surface area contributed by atoms with Crippen LogP contribution in [0.2, 0.25) is 0 Å². The zero-order chi connectivity index (χ0) is 15.2. The number of thiazole rings is 1. The van der Waals surface area contributed by atoms with Crippen LogP contribution in [0.25, 0.3) is 0 Å². The Labute approximate surface area is 127 Å². The standard InChI is InChI=1S/C15H17FN2O2S/c1-3-20-14(19)13-9-21-15(18-13)17-7-6-11-4-5-12(16)8-10(11)2/h4-5,8-9H,3,6-7H2,1-2H3,(H,17,18). The minimum Gasteiger partial charge on any atom is -0.461 e. The van der Waals surface area contributed by atoms with Crippen LogP contribution in [0.5, 0.6) is 0 Å². The summed E-state index contributed by atoms with van der Waals surface area (Å²) in [5.41, 5.74) is 2.34. The Morgan fingerprint density at radius 3 is 3.00 bits per heavy atom. The van der Waals surface area contributed by atoms with Crippen LogP contribution in [0, 0.1) is 12.7 Å². The molecule has 1 N–H and O–H groups in total. The van der Waals surface area contributed by atoms with Gasteiger partial charge in [0.05, 0.1) is 6.61 Å². The number of benzene rings is 1. The number of halogens is 1. The van der Waals surface area contributed by atoms with E-state index in [1.807, 2.05) is 6.92 Å². The monoisotopic (exact) mass is 308 g/mol. The van der Waals surface area contributed by atoms with E-state index >= 15 is 0 Å². The van der Waals surface area contributed by atoms with E-state index in [9.17, 15) is 9.18 Å². The first kappa shape index (κ1) is 15.4. The van der Waals surface area contributed by atoms with Crippen molar-refractivity contribution in [3.05, 3.63) is 46.2 Å². The van der Waals surface area contributed by atoms with E-state index in [1.165, 1.54) is 23.5 Å². The van der Waals surface area contributed by atoms with Gasteiger partial charge >= 0.3 is 5.97 Å². The summed E-state index contributed by atoms with van der Waals surface area (Å²) in [4.78, 5) is 15.7. The lowest BCUT2D eigenvalue weighted by molar-refractivity contribution is 0.0520. The van der Waals surface area contributed by atoms with E-state index < -0.39 is 5.97 Å². The molecule has 0 aliphatic heterocycles. The predicted molar refractivity (Wildman–Crippen MR) is 81.4 cm³/mol. The summed E-state index contributed by atoms with van der Waals surface area (Å²) < 4.78 is 17.9. The summed E-state index contributed by atoms with van der Waals surface area (Å²) in [6.07, 6.45) is 0.764. The molecule has 0 aliphatic rings. The number of nitrogens with zero attached hydrogens (tertiary/aromatic N) is 1. The number of carbonyl (C=O) groups excluding carboxylic acids is 1. The fraction of sp³-hybridized carbons (Fsp3) is 0.333. The zero-order valence-electron chi connectivity index (χ0n) is 12.0. The van der Waals surface area contributed by atoms with Crippen LogP contribution in [0.4, 0.5) is 9.52 Å². The van der Waals surface area contributed by atoms with Gasteiger partial charge in [0, 0.05) is 11.9 Å². The normalized spacial score (nSPS) is 10.4. The van der Waals surface area contributed by atoms with Gasteiger partial charge in [0.15, 0.2) is 10.8 Å². The molecule has 2 aromatic rings. The molecule has 1 heterocycles. The predicted octanol–water partition coefficient (Wildman–Crippen LogP) is 3.42. The Hall–Kier alpha value is -1.95. The van der Waals surface area contributed by atoms with Crippen LogP contribution in [-0.2, 0) is 11.2 Å². The molecule has 0 radical (unpaired) electrons. The van der Waals surface area contributed by atoms with E-state index in [2.05, 4.69) is 10.3 Å². The van der Waals surface area contributed by atoms with Crippen LogP contribution >= 0.6 is 11.3 Å². The molecular formula is C15H17FN2O2S. The number of nitrogens with one attached hydrogen (secondary N) is 1. The topological polar surface area (TPSA) is 51.2 Å². The minimum absolute atomic E-state index is 0.219. The van der Waals surface area contributed by atoms with Gasteiger partial charge in [-0.05, 0) is 43.5 Å². The molecule has 21 heavy (non-hydrogen) atoms. The second kappa shape index (κ2) is 7.17. The number of hydrogen-bond donors (Lipinski definition) is 1. The van der Waals surface area contributed by atoms with Gasteiger partial charge in [-0.1, -0.05) is 6.07 Å². The molecular weight excluding hydrogens is 291 g/mol. The first-order valence-corrected chi connectivity index (χ1v) is 7.59. The average Bonchev–Trinajstić information content (AvgIpc) is 2.90. The van der Waals surface area contributed by atoms with Crippen LogP contribution in [-0.4, -0.2) is 24.1 Å². The third-order valence-corrected chi connectivity index (χ3v) is 3.76. The smallest absolute Gasteiger partial charge is 0.357 e. The van der Waals surface area contributed by atoms with Gasteiger partial charge in [-0.15, -0.1) is 11.3 Å². The first-order chi connectivity index (χ1) is 10.1. The number of ether oxygens (including phenoxy) is 1. The summed E-state index contributed by atoms with van der Waals surface area (Å²) in [6, 6.07) is 4.78. The van der Waals surface area contributed by atoms with E-state index in [4.69, 9.17) is 4.74 Å². The molecule has 0 aliphatic carbocycles. The molecule has 112 valence electrons. The highest BCUT2D eigenvalue weighted by Gasteiger charge is 2.11. The molecule has 0 atom stereocenters. The molecule has 1 aromatic carbocycles. The SMILES string of the molecule is CCOC(=O)c1csc(NCCc2ccc(F)cc2C)n1. The van der Waals surface area contributed by atoms with Crippen molar-refractivity contribution in [1.82, 2.24) is 4.98 Å². The van der Waals surface area contributed by atoms with Crippen molar-refractivity contribution in [2.24, 2.45) is 0 Å². The van der Waals surface area contributed by atoms with Gasteiger partial charge in [-0.3, -0.25) is 0 Å². The van der Waals surface area contributed by atoms with E-state index in [0.717, 1.165) is 17.5 Å². The minimum atomic E-state index is -0.406. The highest BCUT2D eigenvalue weighted by molar-refractivity contribution is 7.13. The maximum atomic E-state index is 13.0. The van der Waals surface area contributed by atoms with Crippen molar-refractivity contribution in [3.63, 3.8) is 0 Å². The number of rotatable bonds is 6. The van der Waals surface area contributed by atoms with Crippen LogP contribution in [0.1, 0.15) is 28.5 Å². The molecule has 2 rings (SSSR count). The lowest BCUT2D eigenvalue weighted by atomic mass is 10.1. The molecule has 0 fully saturated rings. The first-order valence-electron chi connectivity index (χ1n) is 6.71. The molecule has 0 unspecified atom stereocenters. The molecule has 0 bridgehead atoms. The maximum absolute atomic E-state index is 13.0. The molecule has 0 saturated heterocycles. The van der Waals surface area contributed by atoms with Gasteiger partial charge in [0.25, 0.3) is 0 Å². The van der Waals surface area contributed by atoms with Gasteiger partial charge in [-0.2, -0.15) is 0 Å². The molecule has 1 aromatic heterocycles. The third-order valence-electron chi connectivity index (χ3n) is 2.96. The highest BCUT2D eigenvalue weighted by Crippen LogP contribution is 2.17. The van der Waals surface area contributed by atoms with Crippen molar-refractivity contribution in [1.29, 1.82) is 0 Å². The van der Waals surface area contributed by atoms with Gasteiger partial charge < -0.3 is 10.1 Å². The molecule has 0 spiro atoms. The average molecular weight is 308 g/mol. The Balaban J connectivity index is 1.87. The van der Waals surface area contributed by atoms with Crippen LogP contribution < -0.4 is 5.32 Å². The number of hydrogen-bond acceptors (Lipinski definition) is 5. The maximum Gasteiger partial charge on any atom is 0.357 e. The Kier molecular flexibility index (Phi) is 5.27. The molecule has 0 amide bonds. The lowest BCUT2D eigenvalue weighted by Crippen LogP contribution is -2.08. The van der Waals surface area contributed by atoms with Crippen LogP contribution in [0.15, 0.2) is 23.6 Å². The number of esters is 1. The lowest BCUT2D eigenvalue weighted by Gasteiger charge is -2.06. The molecule has 0 saturated carbocycles. The molecule has 6 heteroatoms. The second-order valence-corrected chi connectivity index (χ2v) is 5.36. The van der Waals surface area contributed by atoms with Gasteiger partial charge in [0.1, 0.15) is 5.82 Å². The van der Waals surface area contributed by atoms with E-state index in [1.54, 1.807) is 18.4 Å². The van der Waals surface area contributed by atoms with Crippen molar-refractivity contribution in [3.8, 4) is 0 Å². The van der Waals surface area contributed by atoms with E-state index in [0.29, 0.717) is 24.0 Å². The fourth-order valence-electron chi connectivity index (χ4n) is 1.90. The quantitative estimate of drug-likeness (QED) is 0.831. The Morgan fingerprint density at radius 2 is 2.29 bits per heavy atom. The Bertz CT molecular complexity index is 628. The molecule has 4 nitrogen and oxygen atoms in total.